The van der Waals surface area contributed by atoms with Crippen LogP contribution in [-0.4, -0.2) is 28.9 Å². The fraction of sp³-hybridized carbons (Fsp3) is 0.360. The molecule has 2 heterocycles. The number of nitrogens with one attached hydrogen (secondary N) is 1. The molecule has 0 unspecified atom stereocenters. The summed E-state index contributed by atoms with van der Waals surface area (Å²) < 4.78 is 12.9. The maximum atomic E-state index is 12.9. The second kappa shape index (κ2) is 9.81. The standard InChI is InChI=1S/C25H28FN3O/c26-23-9-6-20(7-10-23)17-28-24(30)11-8-19-12-15-29(16-13-19)18-22-4-1-3-21-5-2-14-27-25(21)22/h1-7,9-10,14,19H,8,11-13,15-18H2,(H,28,30). The molecule has 5 heteroatoms. The van der Waals surface area contributed by atoms with E-state index in [1.54, 1.807) is 12.1 Å². The van der Waals surface area contributed by atoms with E-state index in [2.05, 4.69) is 39.5 Å². The number of piperidine rings is 1. The summed E-state index contributed by atoms with van der Waals surface area (Å²) in [5, 5.41) is 4.13. The number of nitrogens with zero attached hydrogens (tertiary/aromatic N) is 2. The Bertz CT molecular complexity index is 976. The number of carbonyl (C=O) groups excluding carboxylic acids is 1. The first-order valence-corrected chi connectivity index (χ1v) is 10.7. The molecule has 1 N–H and O–H groups in total. The second-order valence-electron chi connectivity index (χ2n) is 8.15. The summed E-state index contributed by atoms with van der Waals surface area (Å²) in [6.07, 6.45) is 5.60. The number of aromatic nitrogens is 1. The van der Waals surface area contributed by atoms with Crippen molar-refractivity contribution >= 4 is 16.8 Å². The normalized spacial score (nSPS) is 15.4. The fourth-order valence-electron chi connectivity index (χ4n) is 4.20. The highest BCUT2D eigenvalue weighted by Crippen LogP contribution is 2.25. The van der Waals surface area contributed by atoms with Crippen molar-refractivity contribution in [2.24, 2.45) is 5.92 Å². The molecule has 4 rings (SSSR count). The molecule has 156 valence electrons. The zero-order chi connectivity index (χ0) is 20.8. The van der Waals surface area contributed by atoms with E-state index in [1.807, 2.05) is 12.3 Å². The second-order valence-corrected chi connectivity index (χ2v) is 8.15. The number of para-hydroxylation sites is 1. The van der Waals surface area contributed by atoms with Gasteiger partial charge in [0.05, 0.1) is 5.52 Å². The monoisotopic (exact) mass is 405 g/mol. The molecule has 3 aromatic rings. The van der Waals surface area contributed by atoms with Gasteiger partial charge in [-0.05, 0) is 67.6 Å². The Hall–Kier alpha value is -2.79. The maximum Gasteiger partial charge on any atom is 0.220 e. The Morgan fingerprint density at radius 2 is 1.83 bits per heavy atom. The predicted octanol–water partition coefficient (Wildman–Crippen LogP) is 4.68. The number of likely N-dealkylation sites (tertiary alicyclic amines) is 1. The quantitative estimate of drug-likeness (QED) is 0.621. The molecule has 0 saturated carbocycles. The first-order chi connectivity index (χ1) is 14.7. The molecule has 1 aliphatic rings. The van der Waals surface area contributed by atoms with Crippen molar-refractivity contribution in [2.45, 2.75) is 38.8 Å². The number of amides is 1. The Morgan fingerprint density at radius 3 is 2.63 bits per heavy atom. The summed E-state index contributed by atoms with van der Waals surface area (Å²) in [7, 11) is 0. The van der Waals surface area contributed by atoms with Crippen LogP contribution in [0.25, 0.3) is 10.9 Å². The first-order valence-electron chi connectivity index (χ1n) is 10.7. The van der Waals surface area contributed by atoms with E-state index in [9.17, 15) is 9.18 Å². The van der Waals surface area contributed by atoms with Crippen molar-refractivity contribution < 1.29 is 9.18 Å². The third-order valence-corrected chi connectivity index (χ3v) is 6.00. The molecule has 1 aromatic heterocycles. The Balaban J connectivity index is 1.19. The number of hydrogen-bond acceptors (Lipinski definition) is 3. The molecule has 0 spiro atoms. The lowest BCUT2D eigenvalue weighted by Crippen LogP contribution is -2.34. The molecule has 2 aromatic carbocycles. The van der Waals surface area contributed by atoms with Gasteiger partial charge in [-0.2, -0.15) is 0 Å². The lowest BCUT2D eigenvalue weighted by molar-refractivity contribution is -0.121. The van der Waals surface area contributed by atoms with Crippen LogP contribution in [0.4, 0.5) is 4.39 Å². The first kappa shape index (κ1) is 20.5. The summed E-state index contributed by atoms with van der Waals surface area (Å²) in [4.78, 5) is 19.2. The lowest BCUT2D eigenvalue weighted by Gasteiger charge is -2.32. The van der Waals surface area contributed by atoms with Crippen molar-refractivity contribution in [3.8, 4) is 0 Å². The minimum absolute atomic E-state index is 0.0728. The van der Waals surface area contributed by atoms with Crippen LogP contribution < -0.4 is 5.32 Å². The van der Waals surface area contributed by atoms with Crippen molar-refractivity contribution in [3.63, 3.8) is 0 Å². The third-order valence-electron chi connectivity index (χ3n) is 6.00. The van der Waals surface area contributed by atoms with E-state index in [1.165, 1.54) is 23.1 Å². The summed E-state index contributed by atoms with van der Waals surface area (Å²) in [6.45, 7) is 3.51. The van der Waals surface area contributed by atoms with Gasteiger partial charge in [0, 0.05) is 31.1 Å². The molecule has 0 radical (unpaired) electrons. The fourth-order valence-corrected chi connectivity index (χ4v) is 4.20. The van der Waals surface area contributed by atoms with Gasteiger partial charge >= 0.3 is 0 Å². The Kier molecular flexibility index (Phi) is 6.70. The molecular weight excluding hydrogens is 377 g/mol. The van der Waals surface area contributed by atoms with E-state index in [4.69, 9.17) is 0 Å². The summed E-state index contributed by atoms with van der Waals surface area (Å²) >= 11 is 0. The molecule has 1 amide bonds. The van der Waals surface area contributed by atoms with Gasteiger partial charge in [0.15, 0.2) is 0 Å². The van der Waals surface area contributed by atoms with Gasteiger partial charge in [-0.3, -0.25) is 14.7 Å². The number of rotatable bonds is 7. The van der Waals surface area contributed by atoms with Crippen molar-refractivity contribution in [2.75, 3.05) is 13.1 Å². The highest BCUT2D eigenvalue weighted by molar-refractivity contribution is 5.81. The highest BCUT2D eigenvalue weighted by atomic mass is 19.1. The van der Waals surface area contributed by atoms with Crippen LogP contribution in [0.3, 0.4) is 0 Å². The SMILES string of the molecule is O=C(CCC1CCN(Cc2cccc3cccnc23)CC1)NCc1ccc(F)cc1. The van der Waals surface area contributed by atoms with Gasteiger partial charge in [-0.25, -0.2) is 4.39 Å². The van der Waals surface area contributed by atoms with Crippen molar-refractivity contribution in [1.29, 1.82) is 0 Å². The van der Waals surface area contributed by atoms with Gasteiger partial charge < -0.3 is 5.32 Å². The highest BCUT2D eigenvalue weighted by Gasteiger charge is 2.20. The molecule has 1 saturated heterocycles. The molecule has 4 nitrogen and oxygen atoms in total. The van der Waals surface area contributed by atoms with Crippen LogP contribution in [0.2, 0.25) is 0 Å². The minimum atomic E-state index is -0.256. The number of hydrogen-bond donors (Lipinski definition) is 1. The molecule has 1 aliphatic heterocycles. The van der Waals surface area contributed by atoms with Gasteiger partial charge in [0.1, 0.15) is 5.82 Å². The van der Waals surface area contributed by atoms with Gasteiger partial charge in [-0.1, -0.05) is 36.4 Å². The van der Waals surface area contributed by atoms with E-state index >= 15 is 0 Å². The molecule has 0 bridgehead atoms. The van der Waals surface area contributed by atoms with E-state index in [-0.39, 0.29) is 11.7 Å². The maximum absolute atomic E-state index is 12.9. The number of fused-ring (bicyclic) bond motifs is 1. The minimum Gasteiger partial charge on any atom is -0.352 e. The van der Waals surface area contributed by atoms with E-state index in [0.29, 0.717) is 18.9 Å². The van der Waals surface area contributed by atoms with Crippen LogP contribution in [0.1, 0.15) is 36.8 Å². The number of carbonyl (C=O) groups is 1. The number of halogens is 1. The summed E-state index contributed by atoms with van der Waals surface area (Å²) in [5.41, 5.74) is 3.30. The van der Waals surface area contributed by atoms with E-state index < -0.39 is 0 Å². The largest absolute Gasteiger partial charge is 0.352 e. The smallest absolute Gasteiger partial charge is 0.220 e. The molecule has 0 aliphatic carbocycles. The van der Waals surface area contributed by atoms with Crippen LogP contribution >= 0.6 is 0 Å². The van der Waals surface area contributed by atoms with Crippen LogP contribution in [0, 0.1) is 11.7 Å². The van der Waals surface area contributed by atoms with Crippen LogP contribution in [-0.2, 0) is 17.9 Å². The van der Waals surface area contributed by atoms with E-state index in [0.717, 1.165) is 50.0 Å². The zero-order valence-corrected chi connectivity index (χ0v) is 17.2. The average Bonchev–Trinajstić information content (AvgIpc) is 2.78. The molecule has 0 atom stereocenters. The zero-order valence-electron chi connectivity index (χ0n) is 17.2. The van der Waals surface area contributed by atoms with Crippen LogP contribution in [0.5, 0.6) is 0 Å². The summed E-state index contributed by atoms with van der Waals surface area (Å²) in [5.74, 6) is 0.417. The molecule has 1 fully saturated rings. The predicted molar refractivity (Wildman–Crippen MR) is 117 cm³/mol. The topological polar surface area (TPSA) is 45.2 Å². The number of benzene rings is 2. The van der Waals surface area contributed by atoms with Gasteiger partial charge in [0.2, 0.25) is 5.91 Å². The molecular formula is C25H28FN3O. The molecule has 30 heavy (non-hydrogen) atoms. The summed E-state index contributed by atoms with van der Waals surface area (Å²) in [6, 6.07) is 16.7. The third kappa shape index (κ3) is 5.42. The van der Waals surface area contributed by atoms with Gasteiger partial charge in [0.25, 0.3) is 0 Å². The van der Waals surface area contributed by atoms with Crippen molar-refractivity contribution in [3.05, 3.63) is 77.7 Å². The number of pyridine rings is 1. The Morgan fingerprint density at radius 1 is 1.07 bits per heavy atom. The van der Waals surface area contributed by atoms with Gasteiger partial charge in [-0.15, -0.1) is 0 Å². The Labute approximate surface area is 177 Å². The lowest BCUT2D eigenvalue weighted by atomic mass is 9.91. The van der Waals surface area contributed by atoms with Crippen LogP contribution in [0.15, 0.2) is 60.8 Å². The average molecular weight is 406 g/mol. The van der Waals surface area contributed by atoms with Crippen molar-refractivity contribution in [1.82, 2.24) is 15.2 Å².